The van der Waals surface area contributed by atoms with Crippen LogP contribution in [-0.2, 0) is 6.42 Å². The second-order valence-electron chi connectivity index (χ2n) is 9.01. The maximum atomic E-state index is 14.0. The zero-order valence-electron chi connectivity index (χ0n) is 19.9. The molecule has 3 heterocycles. The SMILES string of the molecule is CC(Cc1cc(-c2cnn(C3CCN(C(=O)NCCO)CC3)c2)cnc1N)c1c(Cl)ccc(F)c1Cl. The molecule has 1 unspecified atom stereocenters. The number of amides is 2. The van der Waals surface area contributed by atoms with Gasteiger partial charge in [0.2, 0.25) is 0 Å². The highest BCUT2D eigenvalue weighted by atomic mass is 35.5. The molecule has 2 amide bonds. The molecule has 11 heteroatoms. The monoisotopic (exact) mass is 534 g/mol. The number of nitrogen functional groups attached to an aromatic ring is 1. The smallest absolute Gasteiger partial charge is 0.317 e. The minimum Gasteiger partial charge on any atom is -0.395 e. The van der Waals surface area contributed by atoms with Gasteiger partial charge in [0.05, 0.1) is 23.9 Å². The van der Waals surface area contributed by atoms with E-state index in [4.69, 9.17) is 34.0 Å². The zero-order valence-corrected chi connectivity index (χ0v) is 21.4. The summed E-state index contributed by atoms with van der Waals surface area (Å²) in [6.45, 7) is 3.33. The summed E-state index contributed by atoms with van der Waals surface area (Å²) in [6.07, 6.45) is 7.53. The van der Waals surface area contributed by atoms with Crippen molar-refractivity contribution in [3.8, 4) is 11.1 Å². The van der Waals surface area contributed by atoms with Crippen molar-refractivity contribution < 1.29 is 14.3 Å². The predicted octanol–water partition coefficient (Wildman–Crippen LogP) is 4.66. The number of hydrogen-bond donors (Lipinski definition) is 3. The standard InChI is InChI=1S/C25H29Cl2FN6O2/c1-15(22-20(26)2-3-21(28)23(22)27)10-16-11-17(12-31-24(16)29)18-13-32-34(14-18)19-4-7-33(8-5-19)25(36)30-6-9-35/h2-3,11-15,19,35H,4-10H2,1H3,(H2,29,31)(H,30,36). The van der Waals surface area contributed by atoms with Crippen molar-refractivity contribution in [1.29, 1.82) is 0 Å². The molecule has 0 bridgehead atoms. The molecule has 1 aliphatic heterocycles. The van der Waals surface area contributed by atoms with Gasteiger partial charge in [0.1, 0.15) is 11.6 Å². The van der Waals surface area contributed by atoms with Gasteiger partial charge in [-0.3, -0.25) is 4.68 Å². The number of aromatic nitrogens is 3. The number of halogens is 3. The van der Waals surface area contributed by atoms with Crippen LogP contribution in [0.2, 0.25) is 10.0 Å². The van der Waals surface area contributed by atoms with E-state index in [2.05, 4.69) is 15.4 Å². The Kier molecular flexibility index (Phi) is 8.33. The first-order chi connectivity index (χ1) is 17.3. The Hall–Kier alpha value is -2.88. The lowest BCUT2D eigenvalue weighted by atomic mass is 9.92. The van der Waals surface area contributed by atoms with Crippen molar-refractivity contribution in [2.45, 2.75) is 38.1 Å². The van der Waals surface area contributed by atoms with Crippen LogP contribution in [0, 0.1) is 5.82 Å². The van der Waals surface area contributed by atoms with Crippen LogP contribution in [0.25, 0.3) is 11.1 Å². The molecule has 1 atom stereocenters. The van der Waals surface area contributed by atoms with Crippen LogP contribution in [0.3, 0.4) is 0 Å². The molecule has 192 valence electrons. The number of carbonyl (C=O) groups is 1. The fourth-order valence-electron chi connectivity index (χ4n) is 4.56. The maximum absolute atomic E-state index is 14.0. The number of anilines is 1. The summed E-state index contributed by atoms with van der Waals surface area (Å²) in [5, 5.41) is 16.6. The Morgan fingerprint density at radius 1 is 1.28 bits per heavy atom. The maximum Gasteiger partial charge on any atom is 0.317 e. The average Bonchev–Trinajstić information content (AvgIpc) is 3.37. The van der Waals surface area contributed by atoms with Gasteiger partial charge in [-0.1, -0.05) is 30.1 Å². The molecule has 1 aromatic carbocycles. The Morgan fingerprint density at radius 3 is 2.75 bits per heavy atom. The van der Waals surface area contributed by atoms with E-state index in [0.29, 0.717) is 35.9 Å². The van der Waals surface area contributed by atoms with Gasteiger partial charge in [0, 0.05) is 48.2 Å². The quantitative estimate of drug-likeness (QED) is 0.382. The van der Waals surface area contributed by atoms with Crippen LogP contribution in [0.4, 0.5) is 15.0 Å². The van der Waals surface area contributed by atoms with E-state index < -0.39 is 5.82 Å². The Labute approximate surface area is 219 Å². The van der Waals surface area contributed by atoms with Crippen LogP contribution in [0.1, 0.15) is 42.9 Å². The van der Waals surface area contributed by atoms with E-state index in [9.17, 15) is 9.18 Å². The number of pyridine rings is 1. The van der Waals surface area contributed by atoms with Crippen molar-refractivity contribution in [1.82, 2.24) is 25.0 Å². The van der Waals surface area contributed by atoms with E-state index in [0.717, 1.165) is 29.5 Å². The zero-order chi connectivity index (χ0) is 25.8. The van der Waals surface area contributed by atoms with Crippen LogP contribution >= 0.6 is 23.2 Å². The molecule has 8 nitrogen and oxygen atoms in total. The third kappa shape index (κ3) is 5.74. The highest BCUT2D eigenvalue weighted by Gasteiger charge is 2.24. The van der Waals surface area contributed by atoms with Crippen molar-refractivity contribution in [2.75, 3.05) is 32.0 Å². The molecule has 0 radical (unpaired) electrons. The lowest BCUT2D eigenvalue weighted by Crippen LogP contribution is -2.45. The number of hydrogen-bond acceptors (Lipinski definition) is 5. The third-order valence-electron chi connectivity index (χ3n) is 6.55. The van der Waals surface area contributed by atoms with Crippen molar-refractivity contribution >= 4 is 35.1 Å². The first kappa shape index (κ1) is 26.2. The molecule has 4 rings (SSSR count). The molecular formula is C25H29Cl2FN6O2. The van der Waals surface area contributed by atoms with Crippen LogP contribution < -0.4 is 11.1 Å². The highest BCUT2D eigenvalue weighted by molar-refractivity contribution is 6.36. The van der Waals surface area contributed by atoms with E-state index in [1.165, 1.54) is 12.1 Å². The minimum atomic E-state index is -0.508. The van der Waals surface area contributed by atoms with Gasteiger partial charge in [-0.2, -0.15) is 5.10 Å². The van der Waals surface area contributed by atoms with Gasteiger partial charge in [0.25, 0.3) is 0 Å². The molecule has 0 aliphatic carbocycles. The molecule has 1 fully saturated rings. The lowest BCUT2D eigenvalue weighted by molar-refractivity contribution is 0.166. The first-order valence-electron chi connectivity index (χ1n) is 11.8. The van der Waals surface area contributed by atoms with E-state index in [-0.39, 0.29) is 36.2 Å². The number of nitrogens with one attached hydrogen (secondary N) is 1. The normalized spacial score (nSPS) is 15.2. The summed E-state index contributed by atoms with van der Waals surface area (Å²) < 4.78 is 16.0. The summed E-state index contributed by atoms with van der Waals surface area (Å²) in [6, 6.07) is 4.76. The molecule has 36 heavy (non-hydrogen) atoms. The topological polar surface area (TPSA) is 109 Å². The number of aliphatic hydroxyl groups is 1. The van der Waals surface area contributed by atoms with Gasteiger partial charge in [-0.25, -0.2) is 14.2 Å². The summed E-state index contributed by atoms with van der Waals surface area (Å²) in [7, 11) is 0. The lowest BCUT2D eigenvalue weighted by Gasteiger charge is -2.32. The summed E-state index contributed by atoms with van der Waals surface area (Å²) in [5.41, 5.74) is 9.30. The highest BCUT2D eigenvalue weighted by Crippen LogP contribution is 2.36. The number of nitrogens with two attached hydrogens (primary N) is 1. The predicted molar refractivity (Wildman–Crippen MR) is 139 cm³/mol. The second-order valence-corrected chi connectivity index (χ2v) is 9.80. The molecule has 1 aliphatic rings. The number of benzene rings is 1. The molecule has 4 N–H and O–H groups in total. The number of aliphatic hydroxyl groups excluding tert-OH is 1. The first-order valence-corrected chi connectivity index (χ1v) is 12.6. The van der Waals surface area contributed by atoms with Crippen LogP contribution in [-0.4, -0.2) is 57.0 Å². The van der Waals surface area contributed by atoms with Crippen molar-refractivity contribution in [2.24, 2.45) is 0 Å². The Balaban J connectivity index is 1.46. The molecule has 2 aromatic heterocycles. The van der Waals surface area contributed by atoms with Gasteiger partial charge < -0.3 is 21.1 Å². The molecule has 1 saturated heterocycles. The fraction of sp³-hybridized carbons (Fsp3) is 0.400. The van der Waals surface area contributed by atoms with E-state index in [1.807, 2.05) is 23.9 Å². The number of urea groups is 1. The third-order valence-corrected chi connectivity index (χ3v) is 7.26. The number of nitrogens with zero attached hydrogens (tertiary/aromatic N) is 4. The summed E-state index contributed by atoms with van der Waals surface area (Å²) >= 11 is 12.5. The van der Waals surface area contributed by atoms with E-state index in [1.54, 1.807) is 17.3 Å². The summed E-state index contributed by atoms with van der Waals surface area (Å²) in [4.78, 5) is 18.2. The van der Waals surface area contributed by atoms with Crippen LogP contribution in [0.15, 0.2) is 36.8 Å². The number of piperidine rings is 1. The van der Waals surface area contributed by atoms with Crippen molar-refractivity contribution in [3.05, 3.63) is 63.8 Å². The second kappa shape index (κ2) is 11.5. The number of likely N-dealkylation sites (tertiary alicyclic amines) is 1. The fourth-order valence-corrected chi connectivity index (χ4v) is 5.31. The number of rotatable bonds is 7. The van der Waals surface area contributed by atoms with Gasteiger partial charge in [0.15, 0.2) is 0 Å². The Morgan fingerprint density at radius 2 is 2.03 bits per heavy atom. The average molecular weight is 535 g/mol. The summed E-state index contributed by atoms with van der Waals surface area (Å²) in [5.74, 6) is -0.289. The molecular weight excluding hydrogens is 506 g/mol. The molecule has 0 spiro atoms. The van der Waals surface area contributed by atoms with Gasteiger partial charge in [-0.15, -0.1) is 0 Å². The largest absolute Gasteiger partial charge is 0.395 e. The van der Waals surface area contributed by atoms with Crippen LogP contribution in [0.5, 0.6) is 0 Å². The van der Waals surface area contributed by atoms with Crippen molar-refractivity contribution in [3.63, 3.8) is 0 Å². The molecule has 0 saturated carbocycles. The number of carbonyl (C=O) groups excluding carboxylic acids is 1. The van der Waals surface area contributed by atoms with E-state index >= 15 is 0 Å². The van der Waals surface area contributed by atoms with Gasteiger partial charge in [-0.05, 0) is 54.5 Å². The minimum absolute atomic E-state index is 0.0240. The molecule has 3 aromatic rings. The Bertz CT molecular complexity index is 1230. The van der Waals surface area contributed by atoms with Gasteiger partial charge >= 0.3 is 6.03 Å².